The molecule has 2 N–H and O–H groups in total. The highest BCUT2D eigenvalue weighted by molar-refractivity contribution is 5.93. The molecule has 0 bridgehead atoms. The summed E-state index contributed by atoms with van der Waals surface area (Å²) in [7, 11) is 0. The van der Waals surface area contributed by atoms with Crippen LogP contribution in [0, 0.1) is 0 Å². The number of carbonyl (C=O) groups is 1. The largest absolute Gasteiger partial charge is 0.335 e. The standard InChI is InChI=1S/C16H23N3O/c1-2-17-14-10-11-19(15-9-4-3-8-13(14)15)16(20)18-12-6-5-7-12/h3-4,8-9,12,14,17H,2,5-7,10-11H2,1H3,(H,18,20). The van der Waals surface area contributed by atoms with Gasteiger partial charge >= 0.3 is 6.03 Å². The molecule has 0 saturated heterocycles. The van der Waals surface area contributed by atoms with Crippen molar-refractivity contribution in [2.24, 2.45) is 0 Å². The highest BCUT2D eigenvalue weighted by atomic mass is 16.2. The second-order valence-corrected chi connectivity index (χ2v) is 5.69. The van der Waals surface area contributed by atoms with E-state index in [1.807, 2.05) is 11.0 Å². The number of benzene rings is 1. The molecular weight excluding hydrogens is 250 g/mol. The van der Waals surface area contributed by atoms with Crippen LogP contribution in [0.1, 0.15) is 44.2 Å². The normalized spacial score (nSPS) is 22.1. The zero-order chi connectivity index (χ0) is 13.9. The molecule has 0 aromatic heterocycles. The molecule has 0 radical (unpaired) electrons. The van der Waals surface area contributed by atoms with E-state index in [1.165, 1.54) is 12.0 Å². The van der Waals surface area contributed by atoms with Crippen LogP contribution in [0.25, 0.3) is 0 Å². The number of urea groups is 1. The van der Waals surface area contributed by atoms with Crippen LogP contribution in [-0.4, -0.2) is 25.2 Å². The van der Waals surface area contributed by atoms with Crippen LogP contribution in [-0.2, 0) is 0 Å². The molecule has 20 heavy (non-hydrogen) atoms. The maximum Gasteiger partial charge on any atom is 0.322 e. The molecule has 1 aromatic rings. The Morgan fingerprint density at radius 1 is 1.30 bits per heavy atom. The molecule has 4 nitrogen and oxygen atoms in total. The summed E-state index contributed by atoms with van der Waals surface area (Å²) >= 11 is 0. The van der Waals surface area contributed by atoms with Crippen molar-refractivity contribution in [2.75, 3.05) is 18.0 Å². The molecule has 2 amide bonds. The average Bonchev–Trinajstić information content (AvgIpc) is 2.43. The Labute approximate surface area is 120 Å². The third-order valence-corrected chi connectivity index (χ3v) is 4.37. The Morgan fingerprint density at radius 2 is 2.10 bits per heavy atom. The summed E-state index contributed by atoms with van der Waals surface area (Å²) in [5, 5.41) is 6.65. The molecule has 1 aliphatic carbocycles. The third-order valence-electron chi connectivity index (χ3n) is 4.37. The number of para-hydroxylation sites is 1. The number of nitrogens with zero attached hydrogens (tertiary/aromatic N) is 1. The van der Waals surface area contributed by atoms with Gasteiger partial charge < -0.3 is 10.6 Å². The van der Waals surface area contributed by atoms with Crippen molar-refractivity contribution in [2.45, 2.75) is 44.7 Å². The quantitative estimate of drug-likeness (QED) is 0.889. The molecular formula is C16H23N3O. The summed E-state index contributed by atoms with van der Waals surface area (Å²) in [6, 6.07) is 9.07. The second kappa shape index (κ2) is 5.83. The van der Waals surface area contributed by atoms with Gasteiger partial charge in [-0.15, -0.1) is 0 Å². The lowest BCUT2D eigenvalue weighted by molar-refractivity contribution is 0.233. The van der Waals surface area contributed by atoms with Gasteiger partial charge in [0.05, 0.1) is 5.69 Å². The van der Waals surface area contributed by atoms with Crippen LogP contribution in [0.2, 0.25) is 0 Å². The van der Waals surface area contributed by atoms with Crippen LogP contribution in [0.15, 0.2) is 24.3 Å². The second-order valence-electron chi connectivity index (χ2n) is 5.69. The summed E-state index contributed by atoms with van der Waals surface area (Å²) in [4.78, 5) is 14.3. The van der Waals surface area contributed by atoms with Gasteiger partial charge in [-0.05, 0) is 43.9 Å². The Kier molecular flexibility index (Phi) is 3.92. The Balaban J connectivity index is 1.78. The van der Waals surface area contributed by atoms with E-state index in [0.717, 1.165) is 38.0 Å². The first-order chi connectivity index (χ1) is 9.79. The minimum absolute atomic E-state index is 0.0668. The number of carbonyl (C=O) groups excluding carboxylic acids is 1. The highest BCUT2D eigenvalue weighted by Crippen LogP contribution is 2.33. The number of hydrogen-bond donors (Lipinski definition) is 2. The van der Waals surface area contributed by atoms with E-state index in [1.54, 1.807) is 0 Å². The SMILES string of the molecule is CCNC1CCN(C(=O)NC2CCC2)c2ccccc21. The van der Waals surface area contributed by atoms with Gasteiger partial charge in [-0.1, -0.05) is 25.1 Å². The average molecular weight is 273 g/mol. The number of rotatable bonds is 3. The zero-order valence-electron chi connectivity index (χ0n) is 12.1. The van der Waals surface area contributed by atoms with Crippen molar-refractivity contribution < 1.29 is 4.79 Å². The van der Waals surface area contributed by atoms with Crippen LogP contribution in [0.5, 0.6) is 0 Å². The van der Waals surface area contributed by atoms with E-state index in [2.05, 4.69) is 35.8 Å². The van der Waals surface area contributed by atoms with Gasteiger partial charge in [0.1, 0.15) is 0 Å². The zero-order valence-corrected chi connectivity index (χ0v) is 12.1. The third kappa shape index (κ3) is 2.52. The fourth-order valence-electron chi connectivity index (χ4n) is 3.04. The van der Waals surface area contributed by atoms with E-state index in [4.69, 9.17) is 0 Å². The first-order valence-corrected chi connectivity index (χ1v) is 7.70. The van der Waals surface area contributed by atoms with Crippen molar-refractivity contribution in [1.82, 2.24) is 10.6 Å². The first-order valence-electron chi connectivity index (χ1n) is 7.70. The van der Waals surface area contributed by atoms with Gasteiger partial charge in [0, 0.05) is 18.6 Å². The molecule has 1 atom stereocenters. The molecule has 1 unspecified atom stereocenters. The fourth-order valence-corrected chi connectivity index (χ4v) is 3.04. The van der Waals surface area contributed by atoms with Crippen molar-refractivity contribution in [3.8, 4) is 0 Å². The Bertz CT molecular complexity index is 484. The summed E-state index contributed by atoms with van der Waals surface area (Å²) < 4.78 is 0. The van der Waals surface area contributed by atoms with Gasteiger partial charge in [0.15, 0.2) is 0 Å². The lowest BCUT2D eigenvalue weighted by atomic mass is 9.93. The van der Waals surface area contributed by atoms with Crippen LogP contribution in [0.4, 0.5) is 10.5 Å². The summed E-state index contributed by atoms with van der Waals surface area (Å²) in [6.07, 6.45) is 4.47. The lowest BCUT2D eigenvalue weighted by Crippen LogP contribution is -2.50. The molecule has 1 aromatic carbocycles. The number of hydrogen-bond acceptors (Lipinski definition) is 2. The summed E-state index contributed by atoms with van der Waals surface area (Å²) in [6.45, 7) is 3.86. The molecule has 108 valence electrons. The van der Waals surface area contributed by atoms with E-state index >= 15 is 0 Å². The predicted octanol–water partition coefficient (Wildman–Crippen LogP) is 2.81. The highest BCUT2D eigenvalue weighted by Gasteiger charge is 2.29. The molecule has 3 rings (SSSR count). The number of fused-ring (bicyclic) bond motifs is 1. The maximum absolute atomic E-state index is 12.4. The molecule has 1 fully saturated rings. The van der Waals surface area contributed by atoms with Gasteiger partial charge in [-0.2, -0.15) is 0 Å². The Morgan fingerprint density at radius 3 is 2.80 bits per heavy atom. The van der Waals surface area contributed by atoms with Crippen molar-refractivity contribution in [3.05, 3.63) is 29.8 Å². The summed E-state index contributed by atoms with van der Waals surface area (Å²) in [5.74, 6) is 0. The minimum Gasteiger partial charge on any atom is -0.335 e. The van der Waals surface area contributed by atoms with Crippen molar-refractivity contribution in [1.29, 1.82) is 0 Å². The first kappa shape index (κ1) is 13.4. The van der Waals surface area contributed by atoms with Crippen molar-refractivity contribution >= 4 is 11.7 Å². The molecule has 1 heterocycles. The lowest BCUT2D eigenvalue weighted by Gasteiger charge is -2.36. The molecule has 4 heteroatoms. The number of amides is 2. The van der Waals surface area contributed by atoms with Gasteiger partial charge in [0.2, 0.25) is 0 Å². The Hall–Kier alpha value is -1.55. The molecule has 0 spiro atoms. The van der Waals surface area contributed by atoms with Crippen LogP contribution < -0.4 is 15.5 Å². The fraction of sp³-hybridized carbons (Fsp3) is 0.562. The monoisotopic (exact) mass is 273 g/mol. The predicted molar refractivity (Wildman–Crippen MR) is 81.0 cm³/mol. The van der Waals surface area contributed by atoms with E-state index in [-0.39, 0.29) is 6.03 Å². The molecule has 2 aliphatic rings. The van der Waals surface area contributed by atoms with Gasteiger partial charge in [-0.3, -0.25) is 4.90 Å². The van der Waals surface area contributed by atoms with Gasteiger partial charge in [0.25, 0.3) is 0 Å². The van der Waals surface area contributed by atoms with E-state index in [9.17, 15) is 4.79 Å². The maximum atomic E-state index is 12.4. The van der Waals surface area contributed by atoms with E-state index in [0.29, 0.717) is 12.1 Å². The van der Waals surface area contributed by atoms with E-state index < -0.39 is 0 Å². The van der Waals surface area contributed by atoms with Gasteiger partial charge in [-0.25, -0.2) is 4.79 Å². The smallest absolute Gasteiger partial charge is 0.322 e. The van der Waals surface area contributed by atoms with Crippen molar-refractivity contribution in [3.63, 3.8) is 0 Å². The van der Waals surface area contributed by atoms with Crippen LogP contribution >= 0.6 is 0 Å². The molecule has 1 saturated carbocycles. The molecule has 1 aliphatic heterocycles. The number of nitrogens with one attached hydrogen (secondary N) is 2. The topological polar surface area (TPSA) is 44.4 Å². The summed E-state index contributed by atoms with van der Waals surface area (Å²) in [5.41, 5.74) is 2.30. The minimum atomic E-state index is 0.0668. The number of anilines is 1. The van der Waals surface area contributed by atoms with Crippen LogP contribution in [0.3, 0.4) is 0 Å².